The highest BCUT2D eigenvalue weighted by Gasteiger charge is 2.19. The molecule has 0 aliphatic rings. The third-order valence-corrected chi connectivity index (χ3v) is 4.43. The highest BCUT2D eigenvalue weighted by molar-refractivity contribution is 9.10. The van der Waals surface area contributed by atoms with Crippen molar-refractivity contribution in [1.29, 1.82) is 0 Å². The molecule has 0 spiro atoms. The Bertz CT molecular complexity index is 771. The normalized spacial score (nSPS) is 11.4. The van der Waals surface area contributed by atoms with Gasteiger partial charge in [-0.2, -0.15) is 0 Å². The van der Waals surface area contributed by atoms with Crippen LogP contribution in [-0.2, 0) is 4.79 Å². The van der Waals surface area contributed by atoms with Gasteiger partial charge in [-0.15, -0.1) is 0 Å². The van der Waals surface area contributed by atoms with Crippen LogP contribution in [0.25, 0.3) is 0 Å². The molecule has 0 unspecified atom stereocenters. The van der Waals surface area contributed by atoms with E-state index in [0.29, 0.717) is 12.2 Å². The number of hydrogen-bond acceptors (Lipinski definition) is 7. The molecule has 0 aliphatic heterocycles. The van der Waals surface area contributed by atoms with Crippen molar-refractivity contribution in [3.05, 3.63) is 34.2 Å². The van der Waals surface area contributed by atoms with Crippen molar-refractivity contribution < 1.29 is 19.0 Å². The fourth-order valence-electron chi connectivity index (χ4n) is 1.71. The second-order valence-electron chi connectivity index (χ2n) is 4.76. The summed E-state index contributed by atoms with van der Waals surface area (Å²) in [5.41, 5.74) is 0.594. The smallest absolute Gasteiger partial charge is 0.230 e. The minimum Gasteiger partial charge on any atom is -0.409 e. The number of rotatable bonds is 7. The Morgan fingerprint density at radius 3 is 2.96 bits per heavy atom. The quantitative estimate of drug-likeness (QED) is 0.203. The second kappa shape index (κ2) is 9.37. The van der Waals surface area contributed by atoms with Crippen LogP contribution < -0.4 is 10.6 Å². The largest absolute Gasteiger partial charge is 0.409 e. The van der Waals surface area contributed by atoms with E-state index in [4.69, 9.17) is 0 Å². The molecule has 0 aliphatic carbocycles. The molecule has 25 heavy (non-hydrogen) atoms. The monoisotopic (exact) mass is 431 g/mol. The molecule has 1 aromatic heterocycles. The summed E-state index contributed by atoms with van der Waals surface area (Å²) in [5.74, 6) is -0.512. The molecule has 1 aromatic carbocycles. The van der Waals surface area contributed by atoms with Crippen molar-refractivity contribution in [3.63, 3.8) is 0 Å². The summed E-state index contributed by atoms with van der Waals surface area (Å²) in [6.07, 6.45) is 0.839. The average Bonchev–Trinajstić information content (AvgIpc) is 3.07. The number of benzene rings is 1. The molecular weight excluding hydrogens is 417 g/mol. The molecule has 0 atom stereocenters. The Kier molecular flexibility index (Phi) is 7.19. The summed E-state index contributed by atoms with van der Waals surface area (Å²) in [7, 11) is 0. The van der Waals surface area contributed by atoms with Crippen LogP contribution >= 0.6 is 27.7 Å². The van der Waals surface area contributed by atoms with Gasteiger partial charge in [-0.25, -0.2) is 9.02 Å². The Hall–Kier alpha value is -2.14. The van der Waals surface area contributed by atoms with Gasteiger partial charge in [-0.05, 0) is 50.9 Å². The maximum atomic E-state index is 13.3. The van der Waals surface area contributed by atoms with E-state index in [1.807, 2.05) is 6.92 Å². The van der Waals surface area contributed by atoms with E-state index in [1.54, 1.807) is 0 Å². The Balaban J connectivity index is 2.07. The molecule has 8 nitrogen and oxygen atoms in total. The van der Waals surface area contributed by atoms with Crippen LogP contribution in [0.5, 0.6) is 0 Å². The zero-order chi connectivity index (χ0) is 18.2. The number of nitrogens with one attached hydrogen (secondary N) is 2. The number of nitrogens with zero attached hydrogens (tertiary/aromatic N) is 3. The molecule has 0 bridgehead atoms. The predicted octanol–water partition coefficient (Wildman–Crippen LogP) is 2.84. The summed E-state index contributed by atoms with van der Waals surface area (Å²) in [5, 5.41) is 25.6. The van der Waals surface area contributed by atoms with Gasteiger partial charge in [0, 0.05) is 12.2 Å². The predicted molar refractivity (Wildman–Crippen MR) is 94.4 cm³/mol. The molecular formula is C14H15BrFN5O3S. The van der Waals surface area contributed by atoms with Crippen molar-refractivity contribution in [1.82, 2.24) is 15.6 Å². The lowest BCUT2D eigenvalue weighted by atomic mass is 10.3. The number of aromatic nitrogens is 2. The van der Waals surface area contributed by atoms with Crippen molar-refractivity contribution in [3.8, 4) is 0 Å². The molecule has 1 amide bonds. The lowest BCUT2D eigenvalue weighted by Crippen LogP contribution is -2.25. The number of oxime groups is 1. The van der Waals surface area contributed by atoms with Gasteiger partial charge in [0.15, 0.2) is 10.7 Å². The van der Waals surface area contributed by atoms with E-state index >= 15 is 0 Å². The van der Waals surface area contributed by atoms with Crippen LogP contribution in [0.2, 0.25) is 0 Å². The maximum Gasteiger partial charge on any atom is 0.230 e. The number of anilines is 1. The fraction of sp³-hybridized carbons (Fsp3) is 0.286. The van der Waals surface area contributed by atoms with Crippen LogP contribution in [0.3, 0.4) is 0 Å². The SMILES string of the molecule is CCCNC(=O)CSc1nonc1/C(=N/O)Nc1ccc(F)c(Br)c1. The maximum absolute atomic E-state index is 13.3. The second-order valence-corrected chi connectivity index (χ2v) is 6.58. The number of carbonyl (C=O) groups excluding carboxylic acids is 1. The van der Waals surface area contributed by atoms with E-state index in [2.05, 4.69) is 46.7 Å². The van der Waals surface area contributed by atoms with Crippen molar-refractivity contribution in [2.45, 2.75) is 18.4 Å². The van der Waals surface area contributed by atoms with Gasteiger partial charge in [0.2, 0.25) is 11.7 Å². The molecule has 11 heteroatoms. The lowest BCUT2D eigenvalue weighted by molar-refractivity contribution is -0.118. The summed E-state index contributed by atoms with van der Waals surface area (Å²) in [4.78, 5) is 11.7. The molecule has 2 aromatic rings. The molecule has 0 radical (unpaired) electrons. The highest BCUT2D eigenvalue weighted by Crippen LogP contribution is 2.23. The highest BCUT2D eigenvalue weighted by atomic mass is 79.9. The summed E-state index contributed by atoms with van der Waals surface area (Å²) >= 11 is 4.16. The van der Waals surface area contributed by atoms with Crippen LogP contribution in [-0.4, -0.2) is 39.6 Å². The molecule has 134 valence electrons. The summed E-state index contributed by atoms with van der Waals surface area (Å²) in [6.45, 7) is 2.55. The van der Waals surface area contributed by atoms with Gasteiger partial charge in [0.05, 0.1) is 10.2 Å². The molecule has 0 fully saturated rings. The minimum atomic E-state index is -0.425. The van der Waals surface area contributed by atoms with Gasteiger partial charge in [-0.3, -0.25) is 4.79 Å². The summed E-state index contributed by atoms with van der Waals surface area (Å²) in [6, 6.07) is 4.18. The third-order valence-electron chi connectivity index (χ3n) is 2.88. The van der Waals surface area contributed by atoms with Gasteiger partial charge in [0.25, 0.3) is 0 Å². The first-order valence-corrected chi connectivity index (χ1v) is 8.99. The topological polar surface area (TPSA) is 113 Å². The van der Waals surface area contributed by atoms with E-state index in [1.165, 1.54) is 18.2 Å². The zero-order valence-corrected chi connectivity index (χ0v) is 15.5. The average molecular weight is 432 g/mol. The number of carbonyl (C=O) groups is 1. The Morgan fingerprint density at radius 1 is 1.48 bits per heavy atom. The number of halogens is 2. The van der Waals surface area contributed by atoms with Crippen molar-refractivity contribution >= 4 is 45.1 Å². The first-order chi connectivity index (χ1) is 12.0. The van der Waals surface area contributed by atoms with Gasteiger partial charge >= 0.3 is 0 Å². The molecule has 0 saturated heterocycles. The van der Waals surface area contributed by atoms with E-state index < -0.39 is 5.82 Å². The first kappa shape index (κ1) is 19.2. The van der Waals surface area contributed by atoms with Crippen LogP contribution in [0.4, 0.5) is 10.1 Å². The third kappa shape index (κ3) is 5.43. The number of amides is 1. The van der Waals surface area contributed by atoms with Crippen molar-refractivity contribution in [2.75, 3.05) is 17.6 Å². The van der Waals surface area contributed by atoms with Crippen LogP contribution in [0.1, 0.15) is 19.0 Å². The first-order valence-electron chi connectivity index (χ1n) is 7.21. The van der Waals surface area contributed by atoms with E-state index in [-0.39, 0.29) is 32.7 Å². The molecule has 1 heterocycles. The summed E-state index contributed by atoms with van der Waals surface area (Å²) < 4.78 is 18.2. The van der Waals surface area contributed by atoms with Gasteiger partial charge < -0.3 is 15.8 Å². The van der Waals surface area contributed by atoms with Crippen LogP contribution in [0.15, 0.2) is 37.5 Å². The Labute approximate surface area is 155 Å². The Morgan fingerprint density at radius 2 is 2.28 bits per heavy atom. The van der Waals surface area contributed by atoms with E-state index in [0.717, 1.165) is 18.2 Å². The molecule has 0 saturated carbocycles. The van der Waals surface area contributed by atoms with Gasteiger partial charge in [-0.1, -0.05) is 23.8 Å². The van der Waals surface area contributed by atoms with Crippen molar-refractivity contribution in [2.24, 2.45) is 5.16 Å². The van der Waals surface area contributed by atoms with Crippen LogP contribution in [0, 0.1) is 5.82 Å². The number of thioether (sulfide) groups is 1. The van der Waals surface area contributed by atoms with Gasteiger partial charge in [0.1, 0.15) is 5.82 Å². The zero-order valence-electron chi connectivity index (χ0n) is 13.1. The van der Waals surface area contributed by atoms with E-state index in [9.17, 15) is 14.4 Å². The minimum absolute atomic E-state index is 0.0452. The standard InChI is InChI=1S/C14H15BrFN5O3S/c1-2-5-17-11(22)7-25-14-12(20-24-21-14)13(19-23)18-8-3-4-10(16)9(15)6-8/h3-4,6,23H,2,5,7H2,1H3,(H,17,22)(H,18,19). The molecule has 3 N–H and O–H groups in total. The molecule has 2 rings (SSSR count). The fourth-order valence-corrected chi connectivity index (χ4v) is 2.82. The number of amidine groups is 1. The number of hydrogen-bond donors (Lipinski definition) is 3. The lowest BCUT2D eigenvalue weighted by Gasteiger charge is -2.07.